The third-order valence-corrected chi connectivity index (χ3v) is 6.28. The number of hydrogen-bond acceptors (Lipinski definition) is 4. The Hall–Kier alpha value is -2.28. The molecule has 3 atom stereocenters. The molecule has 1 aromatic rings. The van der Waals surface area contributed by atoms with Crippen LogP contribution in [0.25, 0.3) is 0 Å². The summed E-state index contributed by atoms with van der Waals surface area (Å²) in [6, 6.07) is 9.42. The maximum atomic E-state index is 14.1. The summed E-state index contributed by atoms with van der Waals surface area (Å²) in [4.78, 5) is 24.5. The van der Waals surface area contributed by atoms with Gasteiger partial charge in [0.1, 0.15) is 0 Å². The number of rotatable bonds is 14. The monoisotopic (exact) mass is 465 g/mol. The number of alkyl halides is 2. The fourth-order valence-electron chi connectivity index (χ4n) is 4.14. The second-order valence-electron chi connectivity index (χ2n) is 8.95. The van der Waals surface area contributed by atoms with Crippen LogP contribution in [0.15, 0.2) is 42.5 Å². The summed E-state index contributed by atoms with van der Waals surface area (Å²) < 4.78 is 32.7. The van der Waals surface area contributed by atoms with Crippen molar-refractivity contribution in [3.8, 4) is 0 Å². The van der Waals surface area contributed by atoms with E-state index in [1.54, 1.807) is 12.2 Å². The molecule has 0 radical (unpaired) electrons. The summed E-state index contributed by atoms with van der Waals surface area (Å²) in [5.41, 5.74) is 1.25. The number of halogens is 2. The number of unbranched alkanes of at least 4 members (excludes halogenated alkanes) is 3. The van der Waals surface area contributed by atoms with Crippen LogP contribution in [0.2, 0.25) is 0 Å². The third kappa shape index (κ3) is 8.88. The van der Waals surface area contributed by atoms with Gasteiger partial charge in [0.05, 0.1) is 19.3 Å². The summed E-state index contributed by atoms with van der Waals surface area (Å²) in [5, 5.41) is 10.5. The van der Waals surface area contributed by atoms with Crippen LogP contribution in [-0.4, -0.2) is 53.6 Å². The first kappa shape index (κ1) is 27.0. The predicted molar refractivity (Wildman–Crippen MR) is 124 cm³/mol. The topological polar surface area (TPSA) is 66.8 Å². The quantitative estimate of drug-likeness (QED) is 0.241. The number of likely N-dealkylation sites (tertiary alicyclic amines) is 1. The fourth-order valence-corrected chi connectivity index (χ4v) is 4.14. The Morgan fingerprint density at radius 2 is 1.91 bits per heavy atom. The highest BCUT2D eigenvalue weighted by molar-refractivity contribution is 5.86. The van der Waals surface area contributed by atoms with E-state index in [-0.39, 0.29) is 18.4 Å². The Morgan fingerprint density at radius 1 is 1.21 bits per heavy atom. The molecule has 1 aliphatic heterocycles. The molecule has 2 rings (SSSR count). The van der Waals surface area contributed by atoms with Gasteiger partial charge in [0.15, 0.2) is 0 Å². The Bertz CT molecular complexity index is 769. The summed E-state index contributed by atoms with van der Waals surface area (Å²) in [7, 11) is 1.34. The van der Waals surface area contributed by atoms with Crippen molar-refractivity contribution in [1.29, 1.82) is 0 Å². The van der Waals surface area contributed by atoms with Gasteiger partial charge in [0.25, 0.3) is 5.91 Å². The predicted octanol–water partition coefficient (Wildman–Crippen LogP) is 4.92. The molecule has 1 unspecified atom stereocenters. The van der Waals surface area contributed by atoms with E-state index in [1.807, 2.05) is 25.1 Å². The lowest BCUT2D eigenvalue weighted by Crippen LogP contribution is -2.36. The van der Waals surface area contributed by atoms with Crippen LogP contribution < -0.4 is 0 Å². The van der Waals surface area contributed by atoms with Crippen LogP contribution in [0.3, 0.4) is 0 Å². The van der Waals surface area contributed by atoms with Crippen LogP contribution in [0.1, 0.15) is 63.9 Å². The third-order valence-electron chi connectivity index (χ3n) is 6.28. The first-order valence-corrected chi connectivity index (χ1v) is 11.9. The zero-order chi connectivity index (χ0) is 24.3. The Morgan fingerprint density at radius 3 is 2.61 bits per heavy atom. The van der Waals surface area contributed by atoms with Gasteiger partial charge in [-0.25, -0.2) is 0 Å². The molecule has 1 heterocycles. The smallest absolute Gasteiger partial charge is 0.327 e. The molecule has 0 saturated carbocycles. The Labute approximate surface area is 195 Å². The van der Waals surface area contributed by atoms with E-state index in [0.29, 0.717) is 19.3 Å². The molecule has 0 spiro atoms. The molecule has 33 heavy (non-hydrogen) atoms. The fraction of sp³-hybridized carbons (Fsp3) is 0.615. The summed E-state index contributed by atoms with van der Waals surface area (Å²) in [6.45, 7) is 2.19. The van der Waals surface area contributed by atoms with E-state index in [0.717, 1.165) is 32.1 Å². The summed E-state index contributed by atoms with van der Waals surface area (Å²) in [6.07, 6.45) is 7.61. The van der Waals surface area contributed by atoms with Crippen molar-refractivity contribution in [2.45, 2.75) is 82.8 Å². The zero-order valence-electron chi connectivity index (χ0n) is 19.7. The molecule has 1 aromatic carbocycles. The first-order valence-electron chi connectivity index (χ1n) is 11.9. The van der Waals surface area contributed by atoms with Gasteiger partial charge in [-0.05, 0) is 43.6 Å². The highest BCUT2D eigenvalue weighted by atomic mass is 19.3. The van der Waals surface area contributed by atoms with Crippen LogP contribution in [0.4, 0.5) is 8.78 Å². The van der Waals surface area contributed by atoms with E-state index in [1.165, 1.54) is 17.6 Å². The standard InChI is InChI=1S/C26H37F2NO4/c1-20(11-10-14-21-12-6-5-7-13-21)23(30)17-16-22-19-26(27,28)25(32)29(22)18-9-4-3-8-15-24(31)33-2/h5-7,12-13,16-17,20,22-23,30H,3-4,8-11,14-15,18-19H2,1-2H3/t20-,22?,23-/m1/s1. The summed E-state index contributed by atoms with van der Waals surface area (Å²) >= 11 is 0. The maximum Gasteiger partial charge on any atom is 0.327 e. The molecule has 7 heteroatoms. The molecule has 5 nitrogen and oxygen atoms in total. The van der Waals surface area contributed by atoms with Gasteiger partial charge in [-0.3, -0.25) is 9.59 Å². The lowest BCUT2D eigenvalue weighted by molar-refractivity contribution is -0.148. The largest absolute Gasteiger partial charge is 0.469 e. The minimum Gasteiger partial charge on any atom is -0.469 e. The van der Waals surface area contributed by atoms with E-state index >= 15 is 0 Å². The molecule has 0 aromatic heterocycles. The molecule has 0 aliphatic carbocycles. The van der Waals surface area contributed by atoms with Crippen molar-refractivity contribution >= 4 is 11.9 Å². The number of aliphatic hydroxyl groups is 1. The highest BCUT2D eigenvalue weighted by Gasteiger charge is 2.52. The van der Waals surface area contributed by atoms with Crippen LogP contribution in [0.5, 0.6) is 0 Å². The number of methoxy groups -OCH3 is 1. The highest BCUT2D eigenvalue weighted by Crippen LogP contribution is 2.34. The van der Waals surface area contributed by atoms with Crippen molar-refractivity contribution in [2.24, 2.45) is 5.92 Å². The number of aliphatic hydroxyl groups excluding tert-OH is 1. The number of hydrogen-bond donors (Lipinski definition) is 1. The van der Waals surface area contributed by atoms with Gasteiger partial charge in [0.2, 0.25) is 0 Å². The number of carbonyl (C=O) groups excluding carboxylic acids is 2. The average molecular weight is 466 g/mol. The number of carbonyl (C=O) groups is 2. The number of nitrogens with zero attached hydrogens (tertiary/aromatic N) is 1. The number of esters is 1. The second-order valence-corrected chi connectivity index (χ2v) is 8.95. The first-order chi connectivity index (χ1) is 15.7. The van der Waals surface area contributed by atoms with E-state index in [9.17, 15) is 23.5 Å². The van der Waals surface area contributed by atoms with Crippen molar-refractivity contribution in [3.05, 3.63) is 48.0 Å². The van der Waals surface area contributed by atoms with Crippen molar-refractivity contribution in [3.63, 3.8) is 0 Å². The van der Waals surface area contributed by atoms with Crippen molar-refractivity contribution in [2.75, 3.05) is 13.7 Å². The van der Waals surface area contributed by atoms with Crippen LogP contribution in [-0.2, 0) is 20.7 Å². The molecule has 1 amide bonds. The minimum atomic E-state index is -3.37. The molecular formula is C26H37F2NO4. The molecule has 1 fully saturated rings. The molecule has 1 aliphatic rings. The SMILES string of the molecule is COC(=O)CCCCCCN1C(=O)C(F)(F)CC1C=C[C@@H](O)[C@H](C)CCCc1ccccc1. The van der Waals surface area contributed by atoms with Gasteiger partial charge < -0.3 is 14.7 Å². The van der Waals surface area contributed by atoms with Gasteiger partial charge in [-0.1, -0.05) is 62.2 Å². The Kier molecular flexibility index (Phi) is 11.0. The molecule has 184 valence electrons. The van der Waals surface area contributed by atoms with Gasteiger partial charge in [-0.15, -0.1) is 0 Å². The number of ether oxygens (including phenoxy) is 1. The van der Waals surface area contributed by atoms with Crippen LogP contribution >= 0.6 is 0 Å². The molecule has 1 N–H and O–H groups in total. The zero-order valence-corrected chi connectivity index (χ0v) is 19.7. The van der Waals surface area contributed by atoms with Gasteiger partial charge in [0, 0.05) is 19.4 Å². The lowest BCUT2D eigenvalue weighted by atomic mass is 9.95. The van der Waals surface area contributed by atoms with E-state index in [2.05, 4.69) is 16.9 Å². The van der Waals surface area contributed by atoms with Gasteiger partial charge >= 0.3 is 11.9 Å². The van der Waals surface area contributed by atoms with Crippen molar-refractivity contribution < 1.29 is 28.2 Å². The number of amides is 1. The van der Waals surface area contributed by atoms with Crippen molar-refractivity contribution in [1.82, 2.24) is 4.90 Å². The number of aryl methyl sites for hydroxylation is 1. The van der Waals surface area contributed by atoms with Crippen LogP contribution in [0, 0.1) is 5.92 Å². The molecule has 0 bridgehead atoms. The summed E-state index contributed by atoms with van der Waals surface area (Å²) in [5.74, 6) is -4.78. The maximum absolute atomic E-state index is 14.1. The number of benzene rings is 1. The lowest BCUT2D eigenvalue weighted by Gasteiger charge is -2.22. The minimum absolute atomic E-state index is 0.00848. The second kappa shape index (κ2) is 13.4. The van der Waals surface area contributed by atoms with E-state index < -0.39 is 30.4 Å². The average Bonchev–Trinajstić information content (AvgIpc) is 3.02. The van der Waals surface area contributed by atoms with Gasteiger partial charge in [-0.2, -0.15) is 8.78 Å². The molecular weight excluding hydrogens is 428 g/mol. The van der Waals surface area contributed by atoms with E-state index in [4.69, 9.17) is 0 Å². The normalized spacial score (nSPS) is 19.7. The molecule has 1 saturated heterocycles. The Balaban J connectivity index is 1.79.